The van der Waals surface area contributed by atoms with E-state index in [-0.39, 0.29) is 5.41 Å². The third-order valence-electron chi connectivity index (χ3n) is 5.04. The van der Waals surface area contributed by atoms with Gasteiger partial charge in [0.1, 0.15) is 5.75 Å². The van der Waals surface area contributed by atoms with Crippen LogP contribution in [0, 0.1) is 0 Å². The van der Waals surface area contributed by atoms with E-state index in [0.717, 1.165) is 35.6 Å². The van der Waals surface area contributed by atoms with Crippen LogP contribution in [0.1, 0.15) is 51.7 Å². The van der Waals surface area contributed by atoms with Gasteiger partial charge in [-0.15, -0.1) is 10.2 Å². The number of anilines is 1. The number of hydrogen-bond acceptors (Lipinski definition) is 8. The summed E-state index contributed by atoms with van der Waals surface area (Å²) in [5, 5.41) is 13.9. The SMILES string of the molecule is COc1ccccc1-n1c(SCc2nc(C(C)(C)C)no2)nnc1N1CCCCC1. The van der Waals surface area contributed by atoms with Crippen LogP contribution in [0.5, 0.6) is 5.75 Å². The molecule has 0 N–H and O–H groups in total. The molecule has 1 fully saturated rings. The molecule has 1 saturated heterocycles. The first-order valence-corrected chi connectivity index (χ1v) is 11.3. The van der Waals surface area contributed by atoms with E-state index < -0.39 is 0 Å². The molecule has 0 unspecified atom stereocenters. The monoisotopic (exact) mass is 428 g/mol. The fraction of sp³-hybridized carbons (Fsp3) is 0.524. The second-order valence-electron chi connectivity index (χ2n) is 8.39. The van der Waals surface area contributed by atoms with Crippen LogP contribution < -0.4 is 9.64 Å². The highest BCUT2D eigenvalue weighted by atomic mass is 32.2. The van der Waals surface area contributed by atoms with Gasteiger partial charge in [0, 0.05) is 18.5 Å². The lowest BCUT2D eigenvalue weighted by Crippen LogP contribution is -2.31. The van der Waals surface area contributed by atoms with Crippen molar-refractivity contribution >= 4 is 17.7 Å². The van der Waals surface area contributed by atoms with Crippen LogP contribution in [0.25, 0.3) is 5.69 Å². The molecule has 0 saturated carbocycles. The number of hydrogen-bond donors (Lipinski definition) is 0. The maximum atomic E-state index is 5.62. The first kappa shape index (κ1) is 20.7. The van der Waals surface area contributed by atoms with E-state index in [2.05, 4.69) is 50.6 Å². The summed E-state index contributed by atoms with van der Waals surface area (Å²) in [4.78, 5) is 6.84. The van der Waals surface area contributed by atoms with Crippen LogP contribution in [0.2, 0.25) is 0 Å². The minimum absolute atomic E-state index is 0.148. The molecule has 0 spiro atoms. The molecule has 1 aliphatic heterocycles. The molecular formula is C21H28N6O2S. The largest absolute Gasteiger partial charge is 0.495 e. The zero-order chi connectivity index (χ0) is 21.1. The zero-order valence-electron chi connectivity index (χ0n) is 18.0. The Hall–Kier alpha value is -2.55. The Morgan fingerprint density at radius 3 is 2.57 bits per heavy atom. The van der Waals surface area contributed by atoms with Gasteiger partial charge >= 0.3 is 0 Å². The molecule has 0 aliphatic carbocycles. The third kappa shape index (κ3) is 4.30. The number of methoxy groups -OCH3 is 1. The Balaban J connectivity index is 1.65. The van der Waals surface area contributed by atoms with Gasteiger partial charge in [-0.25, -0.2) is 0 Å². The van der Waals surface area contributed by atoms with Crippen LogP contribution in [-0.4, -0.2) is 45.1 Å². The van der Waals surface area contributed by atoms with E-state index in [9.17, 15) is 0 Å². The molecular weight excluding hydrogens is 400 g/mol. The van der Waals surface area contributed by atoms with Crippen LogP contribution in [0.3, 0.4) is 0 Å². The highest BCUT2D eigenvalue weighted by Crippen LogP contribution is 2.34. The van der Waals surface area contributed by atoms with Crippen molar-refractivity contribution < 1.29 is 9.26 Å². The summed E-state index contributed by atoms with van der Waals surface area (Å²) in [6.07, 6.45) is 3.59. The third-order valence-corrected chi connectivity index (χ3v) is 5.96. The van der Waals surface area contributed by atoms with Crippen molar-refractivity contribution in [2.45, 2.75) is 56.4 Å². The fourth-order valence-corrected chi connectivity index (χ4v) is 4.20. The molecule has 1 aromatic carbocycles. The van der Waals surface area contributed by atoms with E-state index in [1.54, 1.807) is 7.11 Å². The lowest BCUT2D eigenvalue weighted by atomic mass is 9.96. The maximum Gasteiger partial charge on any atom is 0.237 e. The Kier molecular flexibility index (Phi) is 5.99. The molecule has 30 heavy (non-hydrogen) atoms. The molecule has 3 heterocycles. The first-order chi connectivity index (χ1) is 14.5. The quantitative estimate of drug-likeness (QED) is 0.539. The van der Waals surface area contributed by atoms with Gasteiger partial charge in [0.05, 0.1) is 18.6 Å². The average molecular weight is 429 g/mol. The molecule has 160 valence electrons. The van der Waals surface area contributed by atoms with E-state index in [0.29, 0.717) is 17.5 Å². The number of thioether (sulfide) groups is 1. The van der Waals surface area contributed by atoms with Crippen molar-refractivity contribution in [3.05, 3.63) is 36.0 Å². The highest BCUT2D eigenvalue weighted by Gasteiger charge is 2.25. The summed E-state index contributed by atoms with van der Waals surface area (Å²) in [5.41, 5.74) is 0.777. The molecule has 0 atom stereocenters. The van der Waals surface area contributed by atoms with Crippen molar-refractivity contribution in [2.24, 2.45) is 0 Å². The predicted octanol–water partition coefficient (Wildman–Crippen LogP) is 4.24. The van der Waals surface area contributed by atoms with E-state index in [1.807, 2.05) is 24.3 Å². The van der Waals surface area contributed by atoms with Crippen molar-refractivity contribution in [2.75, 3.05) is 25.1 Å². The van der Waals surface area contributed by atoms with E-state index in [4.69, 9.17) is 9.26 Å². The normalized spacial score (nSPS) is 14.9. The number of nitrogens with zero attached hydrogens (tertiary/aromatic N) is 6. The smallest absolute Gasteiger partial charge is 0.237 e. The Morgan fingerprint density at radius 1 is 1.10 bits per heavy atom. The number of rotatable bonds is 6. The molecule has 2 aromatic heterocycles. The summed E-state index contributed by atoms with van der Waals surface area (Å²) >= 11 is 1.53. The van der Waals surface area contributed by atoms with Crippen LogP contribution in [0.15, 0.2) is 33.9 Å². The highest BCUT2D eigenvalue weighted by molar-refractivity contribution is 7.98. The topological polar surface area (TPSA) is 82.1 Å². The molecule has 0 bridgehead atoms. The molecule has 3 aromatic rings. The lowest BCUT2D eigenvalue weighted by molar-refractivity contribution is 0.372. The van der Waals surface area contributed by atoms with Gasteiger partial charge in [0.25, 0.3) is 0 Å². The minimum atomic E-state index is -0.148. The number of benzene rings is 1. The Bertz CT molecular complexity index is 988. The van der Waals surface area contributed by atoms with Gasteiger partial charge in [0.2, 0.25) is 11.8 Å². The summed E-state index contributed by atoms with van der Waals surface area (Å²) in [7, 11) is 1.68. The zero-order valence-corrected chi connectivity index (χ0v) is 18.8. The molecule has 0 amide bonds. The molecule has 9 heteroatoms. The maximum absolute atomic E-state index is 5.62. The lowest BCUT2D eigenvalue weighted by Gasteiger charge is -2.28. The van der Waals surface area contributed by atoms with Crippen molar-refractivity contribution in [3.8, 4) is 11.4 Å². The van der Waals surface area contributed by atoms with Crippen molar-refractivity contribution in [1.29, 1.82) is 0 Å². The Labute approximate surface area is 181 Å². The van der Waals surface area contributed by atoms with Crippen molar-refractivity contribution in [3.63, 3.8) is 0 Å². The van der Waals surface area contributed by atoms with Crippen molar-refractivity contribution in [1.82, 2.24) is 24.9 Å². The molecule has 0 radical (unpaired) electrons. The number of piperidine rings is 1. The van der Waals surface area contributed by atoms with Crippen LogP contribution in [0.4, 0.5) is 5.95 Å². The van der Waals surface area contributed by atoms with E-state index in [1.165, 1.54) is 31.0 Å². The standard InChI is InChI=1S/C21H28N6O2S/c1-21(2,3)18-22-17(29-25-18)14-30-20-24-23-19(26-12-8-5-9-13-26)27(20)15-10-6-7-11-16(15)28-4/h6-7,10-11H,5,8-9,12-14H2,1-4H3. The van der Waals surface area contributed by atoms with Gasteiger partial charge in [-0.3, -0.25) is 4.57 Å². The number of aromatic nitrogens is 5. The van der Waals surface area contributed by atoms with Gasteiger partial charge in [0.15, 0.2) is 11.0 Å². The van der Waals surface area contributed by atoms with Crippen LogP contribution >= 0.6 is 11.8 Å². The van der Waals surface area contributed by atoms with Gasteiger partial charge in [-0.2, -0.15) is 4.98 Å². The summed E-state index contributed by atoms with van der Waals surface area (Å²) in [6, 6.07) is 7.95. The Morgan fingerprint density at radius 2 is 1.87 bits per heavy atom. The predicted molar refractivity (Wildman–Crippen MR) is 117 cm³/mol. The van der Waals surface area contributed by atoms with Gasteiger partial charge < -0.3 is 14.2 Å². The summed E-state index contributed by atoms with van der Waals surface area (Å²) in [6.45, 7) is 8.17. The van der Waals surface area contributed by atoms with Crippen LogP contribution in [-0.2, 0) is 11.2 Å². The molecule has 4 rings (SSSR count). The number of para-hydroxylation sites is 2. The van der Waals surface area contributed by atoms with Gasteiger partial charge in [-0.1, -0.05) is 49.8 Å². The summed E-state index contributed by atoms with van der Waals surface area (Å²) in [5.74, 6) is 3.45. The average Bonchev–Trinajstić information content (AvgIpc) is 3.40. The summed E-state index contributed by atoms with van der Waals surface area (Å²) < 4.78 is 13.2. The minimum Gasteiger partial charge on any atom is -0.495 e. The molecule has 1 aliphatic rings. The van der Waals surface area contributed by atoms with E-state index >= 15 is 0 Å². The van der Waals surface area contributed by atoms with Gasteiger partial charge in [-0.05, 0) is 31.4 Å². The second kappa shape index (κ2) is 8.67. The fourth-order valence-electron chi connectivity index (χ4n) is 3.42. The second-order valence-corrected chi connectivity index (χ2v) is 9.33. The first-order valence-electron chi connectivity index (χ1n) is 10.3. The molecule has 8 nitrogen and oxygen atoms in total. The number of ether oxygens (including phenoxy) is 1.